The molecule has 0 saturated heterocycles. The van der Waals surface area contributed by atoms with Gasteiger partial charge in [-0.2, -0.15) is 0 Å². The molecule has 3 rings (SSSR count). The van der Waals surface area contributed by atoms with Crippen molar-refractivity contribution in [1.82, 2.24) is 24.6 Å². The lowest BCUT2D eigenvalue weighted by atomic mass is 10.0. The first-order valence-electron chi connectivity index (χ1n) is 7.98. The number of methoxy groups -OCH3 is 1. The Bertz CT molecular complexity index is 829. The van der Waals surface area contributed by atoms with Crippen molar-refractivity contribution in [1.29, 1.82) is 0 Å². The fourth-order valence-electron chi connectivity index (χ4n) is 2.66. The summed E-state index contributed by atoms with van der Waals surface area (Å²) in [4.78, 5) is 8.91. The molecule has 0 bridgehead atoms. The number of pyridine rings is 1. The molecule has 0 fully saturated rings. The van der Waals surface area contributed by atoms with Crippen molar-refractivity contribution in [3.8, 4) is 0 Å². The molecule has 1 N–H and O–H groups in total. The van der Waals surface area contributed by atoms with Crippen molar-refractivity contribution in [2.45, 2.75) is 33.4 Å². The first-order chi connectivity index (χ1) is 11.6. The molecule has 0 aromatic carbocycles. The maximum Gasteiger partial charge on any atom is 0.160 e. The third-order valence-corrected chi connectivity index (χ3v) is 3.76. The maximum atomic E-state index is 5.14. The molecule has 0 radical (unpaired) electrons. The highest BCUT2D eigenvalue weighted by atomic mass is 16.5. The number of nitrogens with zero attached hydrogens (tertiary/aromatic N) is 5. The summed E-state index contributed by atoms with van der Waals surface area (Å²) in [6.07, 6.45) is 1.98. The normalized spacial score (nSPS) is 12.7. The van der Waals surface area contributed by atoms with E-state index in [-0.39, 0.29) is 6.04 Å². The predicted octanol–water partition coefficient (Wildman–Crippen LogP) is 2.78. The molecule has 0 spiro atoms. The van der Waals surface area contributed by atoms with E-state index in [1.54, 1.807) is 7.11 Å². The lowest BCUT2D eigenvalue weighted by Crippen LogP contribution is -2.21. The summed E-state index contributed by atoms with van der Waals surface area (Å²) >= 11 is 0. The van der Waals surface area contributed by atoms with Gasteiger partial charge in [-0.1, -0.05) is 19.9 Å². The van der Waals surface area contributed by atoms with Gasteiger partial charge in [0.1, 0.15) is 12.4 Å². The van der Waals surface area contributed by atoms with Crippen molar-refractivity contribution in [2.75, 3.05) is 12.4 Å². The van der Waals surface area contributed by atoms with Crippen LogP contribution in [0.4, 0.5) is 5.82 Å². The van der Waals surface area contributed by atoms with Crippen LogP contribution in [-0.4, -0.2) is 31.7 Å². The number of nitrogens with one attached hydrogen (secondary N) is 1. The van der Waals surface area contributed by atoms with Crippen molar-refractivity contribution in [3.63, 3.8) is 0 Å². The molecule has 0 aliphatic carbocycles. The van der Waals surface area contributed by atoms with Crippen LogP contribution >= 0.6 is 0 Å². The van der Waals surface area contributed by atoms with E-state index in [1.165, 1.54) is 0 Å². The van der Waals surface area contributed by atoms with Gasteiger partial charge in [0.2, 0.25) is 0 Å². The molecule has 0 aliphatic rings. The van der Waals surface area contributed by atoms with Gasteiger partial charge >= 0.3 is 0 Å². The number of ether oxygens (including phenoxy) is 1. The Labute approximate surface area is 141 Å². The number of anilines is 1. The topological polar surface area (TPSA) is 77.2 Å². The summed E-state index contributed by atoms with van der Waals surface area (Å²) in [5.41, 5.74) is 1.73. The molecule has 3 aromatic rings. The van der Waals surface area contributed by atoms with E-state index in [2.05, 4.69) is 39.3 Å². The van der Waals surface area contributed by atoms with Crippen LogP contribution in [-0.2, 0) is 11.3 Å². The monoisotopic (exact) mass is 326 g/mol. The Kier molecular flexibility index (Phi) is 4.71. The Morgan fingerprint density at radius 2 is 2.04 bits per heavy atom. The third-order valence-electron chi connectivity index (χ3n) is 3.76. The van der Waals surface area contributed by atoms with E-state index < -0.39 is 0 Å². The van der Waals surface area contributed by atoms with E-state index in [0.717, 1.165) is 23.0 Å². The average molecular weight is 326 g/mol. The van der Waals surface area contributed by atoms with Crippen molar-refractivity contribution < 1.29 is 4.74 Å². The average Bonchev–Trinajstić information content (AvgIpc) is 2.96. The van der Waals surface area contributed by atoms with Crippen molar-refractivity contribution >= 4 is 11.5 Å². The fourth-order valence-corrected chi connectivity index (χ4v) is 2.66. The summed E-state index contributed by atoms with van der Waals surface area (Å²) in [5.74, 6) is 2.60. The van der Waals surface area contributed by atoms with Crippen molar-refractivity contribution in [2.24, 2.45) is 5.92 Å². The molecule has 126 valence electrons. The second-order valence-corrected chi connectivity index (χ2v) is 6.10. The molecule has 0 amide bonds. The predicted molar refractivity (Wildman–Crippen MR) is 91.7 cm³/mol. The first-order valence-corrected chi connectivity index (χ1v) is 7.98. The van der Waals surface area contributed by atoms with E-state index in [9.17, 15) is 0 Å². The van der Waals surface area contributed by atoms with E-state index >= 15 is 0 Å². The zero-order chi connectivity index (χ0) is 17.1. The second kappa shape index (κ2) is 6.92. The first kappa shape index (κ1) is 16.3. The van der Waals surface area contributed by atoms with Crippen LogP contribution in [0.25, 0.3) is 5.65 Å². The summed E-state index contributed by atoms with van der Waals surface area (Å²) in [6, 6.07) is 7.78. The summed E-state index contributed by atoms with van der Waals surface area (Å²) in [5, 5.41) is 12.1. The molecule has 3 heterocycles. The van der Waals surface area contributed by atoms with Gasteiger partial charge in [-0.15, -0.1) is 10.2 Å². The standard InChI is InChI=1S/C17H22N6O/c1-11(2)16(17-22-21-15-7-5-6-8-23(15)17)20-13-9-12(3)18-14(19-13)10-24-4/h5-9,11,16H,10H2,1-4H3,(H,18,19,20)/t16-/m1/s1. The highest BCUT2D eigenvalue weighted by molar-refractivity contribution is 5.41. The Morgan fingerprint density at radius 1 is 1.21 bits per heavy atom. The molecule has 3 aromatic heterocycles. The van der Waals surface area contributed by atoms with Crippen molar-refractivity contribution in [3.05, 3.63) is 47.8 Å². The molecule has 7 heteroatoms. The number of aromatic nitrogens is 5. The zero-order valence-corrected chi connectivity index (χ0v) is 14.4. The molecule has 1 atom stereocenters. The van der Waals surface area contributed by atoms with Gasteiger partial charge in [0.15, 0.2) is 17.3 Å². The van der Waals surface area contributed by atoms with Gasteiger partial charge in [0.05, 0.1) is 6.04 Å². The van der Waals surface area contributed by atoms with Crippen LogP contribution in [0.1, 0.15) is 37.2 Å². The minimum absolute atomic E-state index is 0.0212. The molecule has 0 unspecified atom stereocenters. The molecular weight excluding hydrogens is 304 g/mol. The zero-order valence-electron chi connectivity index (χ0n) is 14.4. The number of rotatable bonds is 6. The van der Waals surface area contributed by atoms with Gasteiger partial charge < -0.3 is 10.1 Å². The molecule has 7 nitrogen and oxygen atoms in total. The summed E-state index contributed by atoms with van der Waals surface area (Å²) in [6.45, 7) is 6.62. The van der Waals surface area contributed by atoms with Gasteiger partial charge in [-0.05, 0) is 25.0 Å². The van der Waals surface area contributed by atoms with Crippen LogP contribution in [0.5, 0.6) is 0 Å². The van der Waals surface area contributed by atoms with E-state index in [1.807, 2.05) is 41.8 Å². The fraction of sp³-hybridized carbons (Fsp3) is 0.412. The Morgan fingerprint density at radius 3 is 2.79 bits per heavy atom. The summed E-state index contributed by atoms with van der Waals surface area (Å²) in [7, 11) is 1.64. The summed E-state index contributed by atoms with van der Waals surface area (Å²) < 4.78 is 7.14. The van der Waals surface area contributed by atoms with Gasteiger partial charge in [-0.25, -0.2) is 9.97 Å². The van der Waals surface area contributed by atoms with E-state index in [0.29, 0.717) is 18.3 Å². The van der Waals surface area contributed by atoms with Gasteiger partial charge in [0.25, 0.3) is 0 Å². The number of aryl methyl sites for hydroxylation is 1. The minimum atomic E-state index is -0.0212. The number of hydrogen-bond donors (Lipinski definition) is 1. The second-order valence-electron chi connectivity index (χ2n) is 6.10. The highest BCUT2D eigenvalue weighted by Crippen LogP contribution is 2.25. The van der Waals surface area contributed by atoms with Crippen LogP contribution in [0.15, 0.2) is 30.5 Å². The lowest BCUT2D eigenvalue weighted by molar-refractivity contribution is 0.177. The van der Waals surface area contributed by atoms with E-state index in [4.69, 9.17) is 4.74 Å². The number of fused-ring (bicyclic) bond motifs is 1. The smallest absolute Gasteiger partial charge is 0.160 e. The maximum absolute atomic E-state index is 5.14. The van der Waals surface area contributed by atoms with Crippen LogP contribution in [0.3, 0.4) is 0 Å². The quantitative estimate of drug-likeness (QED) is 0.750. The SMILES string of the molecule is COCc1nc(C)cc(N[C@@H](c2nnc3ccccn23)C(C)C)n1. The van der Waals surface area contributed by atoms with Gasteiger partial charge in [-0.3, -0.25) is 4.40 Å². The van der Waals surface area contributed by atoms with Crippen LogP contribution < -0.4 is 5.32 Å². The molecule has 24 heavy (non-hydrogen) atoms. The molecule has 0 aliphatic heterocycles. The lowest BCUT2D eigenvalue weighted by Gasteiger charge is -2.22. The van der Waals surface area contributed by atoms with Crippen LogP contribution in [0, 0.1) is 12.8 Å². The number of hydrogen-bond acceptors (Lipinski definition) is 6. The molecular formula is C17H22N6O. The Balaban J connectivity index is 1.95. The third kappa shape index (κ3) is 3.35. The largest absolute Gasteiger partial charge is 0.377 e. The Hall–Kier alpha value is -2.54. The minimum Gasteiger partial charge on any atom is -0.377 e. The molecule has 0 saturated carbocycles. The highest BCUT2D eigenvalue weighted by Gasteiger charge is 2.22. The van der Waals surface area contributed by atoms with Crippen LogP contribution in [0.2, 0.25) is 0 Å². The van der Waals surface area contributed by atoms with Gasteiger partial charge in [0, 0.05) is 25.1 Å².